The molecule has 0 atom stereocenters. The van der Waals surface area contributed by atoms with Crippen molar-refractivity contribution >= 4 is 22.6 Å². The number of carbonyl (C=O) groups is 1. The molecule has 0 saturated heterocycles. The fourth-order valence-corrected chi connectivity index (χ4v) is 4.48. The fourth-order valence-electron chi connectivity index (χ4n) is 4.48. The summed E-state index contributed by atoms with van der Waals surface area (Å²) < 4.78 is 37.0. The first kappa shape index (κ1) is 23.1. The van der Waals surface area contributed by atoms with E-state index in [0.717, 1.165) is 28.7 Å². The van der Waals surface area contributed by atoms with Gasteiger partial charge in [-0.15, -0.1) is 8.78 Å². The summed E-state index contributed by atoms with van der Waals surface area (Å²) in [6.45, 7) is 1.36. The van der Waals surface area contributed by atoms with Gasteiger partial charge in [-0.05, 0) is 49.1 Å². The van der Waals surface area contributed by atoms with Gasteiger partial charge in [-0.2, -0.15) is 5.10 Å². The number of alkyl halides is 2. The summed E-state index contributed by atoms with van der Waals surface area (Å²) in [7, 11) is 0. The number of aliphatic hydroxyl groups is 1. The Kier molecular flexibility index (Phi) is 5.23. The molecule has 6 rings (SSSR count). The van der Waals surface area contributed by atoms with E-state index < -0.39 is 17.8 Å². The number of nitrogens with one attached hydrogen (secondary N) is 1. The van der Waals surface area contributed by atoms with Crippen molar-refractivity contribution in [1.29, 1.82) is 0 Å². The first-order valence-electron chi connectivity index (χ1n) is 11.6. The molecular formula is C25H21F2N5O5. The van der Waals surface area contributed by atoms with E-state index in [0.29, 0.717) is 22.5 Å². The molecule has 0 spiro atoms. The van der Waals surface area contributed by atoms with Gasteiger partial charge in [0.25, 0.3) is 5.56 Å². The van der Waals surface area contributed by atoms with Gasteiger partial charge in [-0.3, -0.25) is 9.59 Å². The number of benzene rings is 2. The molecule has 0 bridgehead atoms. The summed E-state index contributed by atoms with van der Waals surface area (Å²) in [5.41, 5.74) is 3.07. The minimum atomic E-state index is -3.77. The highest BCUT2D eigenvalue weighted by atomic mass is 19.3. The molecule has 37 heavy (non-hydrogen) atoms. The van der Waals surface area contributed by atoms with E-state index in [4.69, 9.17) is 0 Å². The van der Waals surface area contributed by atoms with Gasteiger partial charge >= 0.3 is 6.29 Å². The Morgan fingerprint density at radius 2 is 2.00 bits per heavy atom. The number of aryl methyl sites for hydroxylation is 1. The van der Waals surface area contributed by atoms with Crippen LogP contribution in [0.1, 0.15) is 24.0 Å². The van der Waals surface area contributed by atoms with Gasteiger partial charge in [-0.25, -0.2) is 9.67 Å². The molecular weight excluding hydrogens is 488 g/mol. The number of rotatable bonds is 6. The highest BCUT2D eigenvalue weighted by molar-refractivity contribution is 5.95. The van der Waals surface area contributed by atoms with Crippen molar-refractivity contribution in [2.75, 3.05) is 4.90 Å². The molecule has 2 aliphatic rings. The van der Waals surface area contributed by atoms with Crippen molar-refractivity contribution in [3.8, 4) is 22.8 Å². The Balaban J connectivity index is 1.37. The quantitative estimate of drug-likeness (QED) is 0.410. The lowest BCUT2D eigenvalue weighted by Gasteiger charge is -2.23. The number of anilines is 1. The molecule has 3 heterocycles. The fraction of sp³-hybridized carbons (Fsp3) is 0.280. The van der Waals surface area contributed by atoms with E-state index in [-0.39, 0.29) is 36.2 Å². The SMILES string of the molecule is Cc1cc(-c2nn(CC(=O)N(c3ccc4c(c3)OC(F)(F)O4)C3CC3)c(=O)c3[nH]cnc23)ccc1CO. The molecule has 2 aromatic carbocycles. The van der Waals surface area contributed by atoms with E-state index >= 15 is 0 Å². The summed E-state index contributed by atoms with van der Waals surface area (Å²) in [5, 5.41) is 14.0. The maximum atomic E-state index is 13.5. The molecule has 0 unspecified atom stereocenters. The van der Waals surface area contributed by atoms with E-state index in [1.807, 2.05) is 13.0 Å². The van der Waals surface area contributed by atoms with Crippen LogP contribution in [0.5, 0.6) is 11.5 Å². The number of imidazole rings is 1. The third kappa shape index (κ3) is 4.08. The number of halogens is 2. The average molecular weight is 509 g/mol. The van der Waals surface area contributed by atoms with Crippen molar-refractivity contribution in [1.82, 2.24) is 19.7 Å². The van der Waals surface area contributed by atoms with E-state index in [1.54, 1.807) is 12.1 Å². The van der Waals surface area contributed by atoms with Crippen molar-refractivity contribution in [2.45, 2.75) is 45.3 Å². The van der Waals surface area contributed by atoms with Crippen LogP contribution in [0.4, 0.5) is 14.5 Å². The number of nitrogens with zero attached hydrogens (tertiary/aromatic N) is 4. The number of aromatic amines is 1. The van der Waals surface area contributed by atoms with Crippen molar-refractivity contribution in [2.24, 2.45) is 0 Å². The highest BCUT2D eigenvalue weighted by Crippen LogP contribution is 2.44. The normalized spacial score (nSPS) is 15.8. The van der Waals surface area contributed by atoms with Crippen molar-refractivity contribution in [3.05, 3.63) is 64.2 Å². The Bertz CT molecular complexity index is 1610. The molecule has 1 saturated carbocycles. The molecule has 2 aromatic heterocycles. The predicted octanol–water partition coefficient (Wildman–Crippen LogP) is 3.10. The van der Waals surface area contributed by atoms with Crippen LogP contribution in [0.25, 0.3) is 22.3 Å². The van der Waals surface area contributed by atoms with Crippen LogP contribution in [0, 0.1) is 6.92 Å². The van der Waals surface area contributed by atoms with Crippen LogP contribution in [0.2, 0.25) is 0 Å². The molecule has 190 valence electrons. The zero-order valence-electron chi connectivity index (χ0n) is 19.6. The maximum Gasteiger partial charge on any atom is 0.586 e. The second kappa shape index (κ2) is 8.37. The number of aromatic nitrogens is 4. The minimum absolute atomic E-state index is 0.111. The summed E-state index contributed by atoms with van der Waals surface area (Å²) >= 11 is 0. The monoisotopic (exact) mass is 509 g/mol. The van der Waals surface area contributed by atoms with Gasteiger partial charge in [0.15, 0.2) is 11.5 Å². The largest absolute Gasteiger partial charge is 0.586 e. The number of hydrogen-bond acceptors (Lipinski definition) is 7. The zero-order valence-corrected chi connectivity index (χ0v) is 19.6. The van der Waals surface area contributed by atoms with Crippen LogP contribution >= 0.6 is 0 Å². The maximum absolute atomic E-state index is 13.5. The minimum Gasteiger partial charge on any atom is -0.395 e. The van der Waals surface area contributed by atoms with E-state index in [1.165, 1.54) is 29.4 Å². The third-order valence-corrected chi connectivity index (χ3v) is 6.45. The van der Waals surface area contributed by atoms with Crippen LogP contribution in [-0.2, 0) is 17.9 Å². The first-order chi connectivity index (χ1) is 17.7. The molecule has 1 amide bonds. The molecule has 1 fully saturated rings. The molecule has 1 aliphatic heterocycles. The number of aliphatic hydroxyl groups excluding tert-OH is 1. The number of carbonyl (C=O) groups excluding carboxylic acids is 1. The number of hydrogen-bond donors (Lipinski definition) is 2. The summed E-state index contributed by atoms with van der Waals surface area (Å²) in [4.78, 5) is 35.2. The number of ether oxygens (including phenoxy) is 2. The number of amides is 1. The van der Waals surface area contributed by atoms with Crippen molar-refractivity contribution in [3.63, 3.8) is 0 Å². The van der Waals surface area contributed by atoms with Gasteiger partial charge in [0.2, 0.25) is 5.91 Å². The van der Waals surface area contributed by atoms with Gasteiger partial charge in [0, 0.05) is 23.4 Å². The Morgan fingerprint density at radius 3 is 2.73 bits per heavy atom. The van der Waals surface area contributed by atoms with Crippen LogP contribution in [0.15, 0.2) is 47.5 Å². The molecule has 1 aliphatic carbocycles. The Labute approximate surface area is 208 Å². The number of fused-ring (bicyclic) bond motifs is 2. The summed E-state index contributed by atoms with van der Waals surface area (Å²) in [6, 6.07) is 9.40. The second-order valence-electron chi connectivity index (χ2n) is 9.03. The third-order valence-electron chi connectivity index (χ3n) is 6.45. The predicted molar refractivity (Wildman–Crippen MR) is 127 cm³/mol. The van der Waals surface area contributed by atoms with Gasteiger partial charge in [0.1, 0.15) is 23.3 Å². The van der Waals surface area contributed by atoms with Crippen LogP contribution in [0.3, 0.4) is 0 Å². The lowest BCUT2D eigenvalue weighted by atomic mass is 10.0. The summed E-state index contributed by atoms with van der Waals surface area (Å²) in [6.07, 6.45) is -0.909. The molecule has 10 nitrogen and oxygen atoms in total. The van der Waals surface area contributed by atoms with E-state index in [9.17, 15) is 23.5 Å². The molecule has 12 heteroatoms. The van der Waals surface area contributed by atoms with Crippen molar-refractivity contribution < 1.29 is 28.2 Å². The summed E-state index contributed by atoms with van der Waals surface area (Å²) in [5.74, 6) is -0.717. The molecule has 0 radical (unpaired) electrons. The second-order valence-corrected chi connectivity index (χ2v) is 9.03. The lowest BCUT2D eigenvalue weighted by Crippen LogP contribution is -2.39. The Hall–Kier alpha value is -4.32. The van der Waals surface area contributed by atoms with Gasteiger partial charge < -0.3 is 24.5 Å². The molecule has 2 N–H and O–H groups in total. The van der Waals surface area contributed by atoms with Gasteiger partial charge in [-0.1, -0.05) is 12.1 Å². The highest BCUT2D eigenvalue weighted by Gasteiger charge is 2.44. The Morgan fingerprint density at radius 1 is 1.22 bits per heavy atom. The number of H-pyrrole nitrogens is 1. The smallest absolute Gasteiger partial charge is 0.395 e. The molecule has 4 aromatic rings. The lowest BCUT2D eigenvalue weighted by molar-refractivity contribution is -0.286. The van der Waals surface area contributed by atoms with Crippen LogP contribution in [-0.4, -0.2) is 43.1 Å². The standard InChI is InChI=1S/C25H21F2N5O5/c1-13-8-14(2-3-15(13)11-33)21-22-23(29-12-28-22)24(35)31(30-21)10-20(34)32(16-4-5-16)17-6-7-18-19(9-17)37-25(26,27)36-18/h2-3,6-9,12,16,33H,4-5,10-11H2,1H3,(H,28,29). The van der Waals surface area contributed by atoms with Gasteiger partial charge in [0.05, 0.1) is 12.9 Å². The topological polar surface area (TPSA) is 123 Å². The van der Waals surface area contributed by atoms with Crippen LogP contribution < -0.4 is 19.9 Å². The zero-order chi connectivity index (χ0) is 25.9. The van der Waals surface area contributed by atoms with E-state index in [2.05, 4.69) is 24.5 Å². The first-order valence-corrected chi connectivity index (χ1v) is 11.6. The average Bonchev–Trinajstić information content (AvgIpc) is 3.45.